The second-order valence-electron chi connectivity index (χ2n) is 1.67. The Hall–Kier alpha value is -1.23. The maximum absolute atomic E-state index is 3.98. The summed E-state index contributed by atoms with van der Waals surface area (Å²) in [6.45, 7) is 0. The Labute approximate surface area is 61.3 Å². The van der Waals surface area contributed by atoms with E-state index in [1.54, 1.807) is 10.9 Å². The van der Waals surface area contributed by atoms with Crippen LogP contribution in [0.25, 0.3) is 5.13 Å². The van der Waals surface area contributed by atoms with Crippen molar-refractivity contribution in [1.29, 1.82) is 0 Å². The minimum absolute atomic E-state index is 0.796. The molecule has 2 heterocycles. The summed E-state index contributed by atoms with van der Waals surface area (Å²) in [5.74, 6) is 0. The van der Waals surface area contributed by atoms with Gasteiger partial charge in [-0.3, -0.25) is 0 Å². The average molecular weight is 152 g/mol. The molecule has 4 nitrogen and oxygen atoms in total. The first kappa shape index (κ1) is 5.55. The van der Waals surface area contributed by atoms with Gasteiger partial charge in [0, 0.05) is 23.9 Å². The van der Waals surface area contributed by atoms with Gasteiger partial charge in [-0.05, 0) is 6.07 Å². The zero-order valence-corrected chi connectivity index (χ0v) is 5.82. The molecule has 0 atom stereocenters. The molecular weight excluding hydrogens is 148 g/mol. The van der Waals surface area contributed by atoms with Crippen LogP contribution >= 0.6 is 11.5 Å². The van der Waals surface area contributed by atoms with Crippen LogP contribution in [0.15, 0.2) is 24.8 Å². The van der Waals surface area contributed by atoms with E-state index < -0.39 is 0 Å². The van der Waals surface area contributed by atoms with Crippen molar-refractivity contribution in [3.05, 3.63) is 24.8 Å². The summed E-state index contributed by atoms with van der Waals surface area (Å²) in [6, 6.07) is 1.85. The molecule has 2 aromatic heterocycles. The standard InChI is InChI=1S/C5H4N4S/c1-2-7-9(3-1)5-6-4-8-10-5/h1-4H. The normalized spacial score (nSPS) is 10.0. The number of rotatable bonds is 1. The Bertz CT molecular complexity index is 253. The summed E-state index contributed by atoms with van der Waals surface area (Å²) in [4.78, 5) is 3.97. The first-order valence-corrected chi connectivity index (χ1v) is 3.51. The highest BCUT2D eigenvalue weighted by molar-refractivity contribution is 7.07. The molecule has 2 rings (SSSR count). The number of hydrogen-bond acceptors (Lipinski definition) is 4. The minimum atomic E-state index is 0.796. The molecular formula is C5H4N4S. The van der Waals surface area contributed by atoms with Crippen molar-refractivity contribution in [1.82, 2.24) is 19.1 Å². The van der Waals surface area contributed by atoms with Crippen molar-refractivity contribution >= 4 is 11.5 Å². The molecule has 0 amide bonds. The smallest absolute Gasteiger partial charge is 0.212 e. The molecule has 0 aliphatic carbocycles. The van der Waals surface area contributed by atoms with Gasteiger partial charge in [-0.2, -0.15) is 9.47 Å². The van der Waals surface area contributed by atoms with E-state index in [4.69, 9.17) is 0 Å². The zero-order valence-electron chi connectivity index (χ0n) is 5.01. The van der Waals surface area contributed by atoms with E-state index in [1.165, 1.54) is 17.9 Å². The summed E-state index contributed by atoms with van der Waals surface area (Å²) in [5.41, 5.74) is 0. The third kappa shape index (κ3) is 0.801. The molecule has 0 N–H and O–H groups in total. The van der Waals surface area contributed by atoms with Gasteiger partial charge in [0.05, 0.1) is 0 Å². The van der Waals surface area contributed by atoms with Crippen LogP contribution in [0.4, 0.5) is 0 Å². The highest BCUT2D eigenvalue weighted by Crippen LogP contribution is 2.04. The minimum Gasteiger partial charge on any atom is -0.212 e. The number of nitrogens with zero attached hydrogens (tertiary/aromatic N) is 4. The van der Waals surface area contributed by atoms with E-state index in [2.05, 4.69) is 14.5 Å². The summed E-state index contributed by atoms with van der Waals surface area (Å²) in [7, 11) is 0. The summed E-state index contributed by atoms with van der Waals surface area (Å²) < 4.78 is 5.53. The molecule has 10 heavy (non-hydrogen) atoms. The molecule has 0 aliphatic rings. The lowest BCUT2D eigenvalue weighted by molar-refractivity contribution is 0.869. The Morgan fingerprint density at radius 1 is 1.50 bits per heavy atom. The predicted octanol–water partition coefficient (Wildman–Crippen LogP) is 0.724. The lowest BCUT2D eigenvalue weighted by atomic mass is 10.8. The fourth-order valence-electron chi connectivity index (χ4n) is 0.650. The average Bonchev–Trinajstić information content (AvgIpc) is 2.59. The van der Waals surface area contributed by atoms with Crippen LogP contribution in [0.1, 0.15) is 0 Å². The van der Waals surface area contributed by atoms with Gasteiger partial charge in [0.25, 0.3) is 0 Å². The molecule has 0 fully saturated rings. The molecule has 0 spiro atoms. The lowest BCUT2D eigenvalue weighted by Gasteiger charge is -1.88. The third-order valence-corrected chi connectivity index (χ3v) is 1.71. The monoisotopic (exact) mass is 152 g/mol. The SMILES string of the molecule is c1cnn(-c2ncns2)c1. The first-order chi connectivity index (χ1) is 4.97. The Morgan fingerprint density at radius 2 is 2.50 bits per heavy atom. The maximum atomic E-state index is 3.98. The fraction of sp³-hybridized carbons (Fsp3) is 0. The fourth-order valence-corrected chi connectivity index (χ4v) is 1.12. The highest BCUT2D eigenvalue weighted by atomic mass is 32.1. The largest absolute Gasteiger partial charge is 0.229 e. The van der Waals surface area contributed by atoms with Gasteiger partial charge in [0.1, 0.15) is 6.33 Å². The van der Waals surface area contributed by atoms with Crippen LogP contribution in [0.5, 0.6) is 0 Å². The lowest BCUT2D eigenvalue weighted by Crippen LogP contribution is -1.91. The maximum Gasteiger partial charge on any atom is 0.229 e. The second-order valence-corrected chi connectivity index (χ2v) is 2.43. The van der Waals surface area contributed by atoms with Crippen molar-refractivity contribution < 1.29 is 0 Å². The summed E-state index contributed by atoms with van der Waals surface area (Å²) in [5, 5.41) is 4.78. The van der Waals surface area contributed by atoms with Gasteiger partial charge in [0.15, 0.2) is 0 Å². The number of aromatic nitrogens is 4. The molecule has 0 radical (unpaired) electrons. The number of hydrogen-bond donors (Lipinski definition) is 0. The van der Waals surface area contributed by atoms with Crippen molar-refractivity contribution in [2.45, 2.75) is 0 Å². The van der Waals surface area contributed by atoms with Crippen molar-refractivity contribution in [2.24, 2.45) is 0 Å². The Morgan fingerprint density at radius 3 is 3.10 bits per heavy atom. The Balaban J connectivity index is 2.48. The van der Waals surface area contributed by atoms with Gasteiger partial charge in [-0.15, -0.1) is 0 Å². The van der Waals surface area contributed by atoms with E-state index in [0.717, 1.165) is 5.13 Å². The molecule has 0 saturated carbocycles. The predicted molar refractivity (Wildman–Crippen MR) is 37.0 cm³/mol. The summed E-state index contributed by atoms with van der Waals surface area (Å²) in [6.07, 6.45) is 5.06. The van der Waals surface area contributed by atoms with E-state index in [0.29, 0.717) is 0 Å². The molecule has 50 valence electrons. The summed E-state index contributed by atoms with van der Waals surface area (Å²) >= 11 is 1.32. The van der Waals surface area contributed by atoms with Crippen molar-refractivity contribution in [2.75, 3.05) is 0 Å². The van der Waals surface area contributed by atoms with Crippen molar-refractivity contribution in [3.63, 3.8) is 0 Å². The van der Waals surface area contributed by atoms with Gasteiger partial charge >= 0.3 is 0 Å². The molecule has 0 aromatic carbocycles. The topological polar surface area (TPSA) is 43.6 Å². The first-order valence-electron chi connectivity index (χ1n) is 2.73. The molecule has 0 bridgehead atoms. The van der Waals surface area contributed by atoms with Gasteiger partial charge < -0.3 is 0 Å². The van der Waals surface area contributed by atoms with Gasteiger partial charge in [0.2, 0.25) is 5.13 Å². The van der Waals surface area contributed by atoms with E-state index >= 15 is 0 Å². The zero-order chi connectivity index (χ0) is 6.81. The molecule has 0 saturated heterocycles. The van der Waals surface area contributed by atoms with Crippen LogP contribution in [-0.2, 0) is 0 Å². The van der Waals surface area contributed by atoms with Crippen molar-refractivity contribution in [3.8, 4) is 5.13 Å². The molecule has 2 aromatic rings. The quantitative estimate of drug-likeness (QED) is 0.604. The van der Waals surface area contributed by atoms with Crippen LogP contribution in [0, 0.1) is 0 Å². The molecule has 0 aliphatic heterocycles. The van der Waals surface area contributed by atoms with Crippen LogP contribution in [-0.4, -0.2) is 19.1 Å². The van der Waals surface area contributed by atoms with E-state index in [-0.39, 0.29) is 0 Å². The molecule has 5 heteroatoms. The van der Waals surface area contributed by atoms with Crippen LogP contribution < -0.4 is 0 Å². The van der Waals surface area contributed by atoms with E-state index in [9.17, 15) is 0 Å². The van der Waals surface area contributed by atoms with Crippen LogP contribution in [0.2, 0.25) is 0 Å². The Kier molecular flexibility index (Phi) is 1.21. The third-order valence-electron chi connectivity index (χ3n) is 1.05. The second kappa shape index (κ2) is 2.18. The molecule has 0 unspecified atom stereocenters. The van der Waals surface area contributed by atoms with E-state index in [1.807, 2.05) is 12.3 Å². The van der Waals surface area contributed by atoms with Gasteiger partial charge in [-0.1, -0.05) is 0 Å². The van der Waals surface area contributed by atoms with Crippen LogP contribution in [0.3, 0.4) is 0 Å². The highest BCUT2D eigenvalue weighted by Gasteiger charge is 1.96. The van der Waals surface area contributed by atoms with Gasteiger partial charge in [-0.25, -0.2) is 9.67 Å².